The van der Waals surface area contributed by atoms with E-state index in [4.69, 9.17) is 32.7 Å². The number of sulfonamides is 1. The SMILES string of the molecule is CC[C@@H](C(=O)NC(C)C)N(Cc1ccc(Cl)cc1Cl)C(=O)CN(c1cc(OC)ccc1OC)S(=O)(=O)c1ccc(C)cc1. The van der Waals surface area contributed by atoms with Crippen LogP contribution in [0.4, 0.5) is 5.69 Å². The van der Waals surface area contributed by atoms with Crippen molar-refractivity contribution in [1.82, 2.24) is 10.2 Å². The summed E-state index contributed by atoms with van der Waals surface area (Å²) in [5.41, 5.74) is 1.51. The van der Waals surface area contributed by atoms with Crippen LogP contribution in [0.2, 0.25) is 10.0 Å². The molecule has 0 bridgehead atoms. The van der Waals surface area contributed by atoms with E-state index in [-0.39, 0.29) is 41.2 Å². The molecule has 0 fully saturated rings. The van der Waals surface area contributed by atoms with Crippen LogP contribution in [0.3, 0.4) is 0 Å². The molecule has 0 aromatic heterocycles. The topological polar surface area (TPSA) is 105 Å². The lowest BCUT2D eigenvalue weighted by Crippen LogP contribution is -2.53. The van der Waals surface area contributed by atoms with Crippen molar-refractivity contribution in [3.63, 3.8) is 0 Å². The average molecular weight is 651 g/mol. The summed E-state index contributed by atoms with van der Waals surface area (Å²) in [6.07, 6.45) is 0.267. The third kappa shape index (κ3) is 8.34. The molecule has 3 aromatic rings. The number of ether oxygens (including phenoxy) is 2. The van der Waals surface area contributed by atoms with Crippen molar-refractivity contribution in [3.05, 3.63) is 81.8 Å². The number of carbonyl (C=O) groups excluding carboxylic acids is 2. The Hall–Kier alpha value is -3.47. The zero-order chi connectivity index (χ0) is 31.9. The lowest BCUT2D eigenvalue weighted by Gasteiger charge is -2.34. The van der Waals surface area contributed by atoms with E-state index in [1.807, 2.05) is 20.8 Å². The molecule has 1 N–H and O–H groups in total. The Morgan fingerprint density at radius 2 is 1.63 bits per heavy atom. The molecule has 3 rings (SSSR count). The van der Waals surface area contributed by atoms with Gasteiger partial charge in [0.25, 0.3) is 10.0 Å². The minimum Gasteiger partial charge on any atom is -0.497 e. The molecule has 0 aliphatic carbocycles. The summed E-state index contributed by atoms with van der Waals surface area (Å²) >= 11 is 12.6. The van der Waals surface area contributed by atoms with Gasteiger partial charge in [-0.25, -0.2) is 8.42 Å². The molecule has 1 atom stereocenters. The number of hydrogen-bond acceptors (Lipinski definition) is 6. The zero-order valence-electron chi connectivity index (χ0n) is 25.1. The van der Waals surface area contributed by atoms with Gasteiger partial charge < -0.3 is 19.7 Å². The Kier molecular flexibility index (Phi) is 11.7. The lowest BCUT2D eigenvalue weighted by molar-refractivity contribution is -0.140. The molecule has 0 saturated carbocycles. The van der Waals surface area contributed by atoms with Gasteiger partial charge in [-0.2, -0.15) is 0 Å². The summed E-state index contributed by atoms with van der Waals surface area (Å²) in [6.45, 7) is 6.55. The fourth-order valence-electron chi connectivity index (χ4n) is 4.48. The van der Waals surface area contributed by atoms with Crippen molar-refractivity contribution in [2.24, 2.45) is 0 Å². The van der Waals surface area contributed by atoms with Crippen LogP contribution in [0.5, 0.6) is 11.5 Å². The molecule has 0 spiro atoms. The maximum absolute atomic E-state index is 14.3. The predicted octanol–water partition coefficient (Wildman–Crippen LogP) is 5.85. The highest BCUT2D eigenvalue weighted by molar-refractivity contribution is 7.92. The maximum atomic E-state index is 14.3. The quantitative estimate of drug-likeness (QED) is 0.249. The van der Waals surface area contributed by atoms with Gasteiger partial charge in [0, 0.05) is 28.7 Å². The van der Waals surface area contributed by atoms with Crippen LogP contribution in [0.25, 0.3) is 0 Å². The van der Waals surface area contributed by atoms with Gasteiger partial charge in [-0.1, -0.05) is 53.9 Å². The number of nitrogens with one attached hydrogen (secondary N) is 1. The Morgan fingerprint density at radius 3 is 2.19 bits per heavy atom. The first-order chi connectivity index (χ1) is 20.3. The number of aryl methyl sites for hydroxylation is 1. The molecule has 0 heterocycles. The van der Waals surface area contributed by atoms with Gasteiger partial charge in [-0.15, -0.1) is 0 Å². The van der Waals surface area contributed by atoms with Crippen LogP contribution < -0.4 is 19.1 Å². The molecule has 0 saturated heterocycles. The molecule has 9 nitrogen and oxygen atoms in total. The molecule has 0 aliphatic heterocycles. The number of carbonyl (C=O) groups is 2. The van der Waals surface area contributed by atoms with Crippen molar-refractivity contribution in [2.45, 2.75) is 57.6 Å². The van der Waals surface area contributed by atoms with E-state index < -0.39 is 28.5 Å². The fraction of sp³-hybridized carbons (Fsp3) is 0.355. The van der Waals surface area contributed by atoms with Gasteiger partial charge in [0.05, 0.1) is 24.8 Å². The Bertz CT molecular complexity index is 1550. The second-order valence-corrected chi connectivity index (χ2v) is 12.9. The number of rotatable bonds is 13. The molecule has 12 heteroatoms. The van der Waals surface area contributed by atoms with E-state index in [1.54, 1.807) is 49.4 Å². The molecule has 2 amide bonds. The number of methoxy groups -OCH3 is 2. The number of amides is 2. The van der Waals surface area contributed by atoms with E-state index in [2.05, 4.69) is 5.32 Å². The monoisotopic (exact) mass is 649 g/mol. The first-order valence-corrected chi connectivity index (χ1v) is 15.9. The molecular formula is C31H37Cl2N3O6S. The number of anilines is 1. The Morgan fingerprint density at radius 1 is 0.953 bits per heavy atom. The minimum atomic E-state index is -4.31. The highest BCUT2D eigenvalue weighted by atomic mass is 35.5. The molecule has 43 heavy (non-hydrogen) atoms. The van der Waals surface area contributed by atoms with E-state index >= 15 is 0 Å². The number of hydrogen-bond donors (Lipinski definition) is 1. The van der Waals surface area contributed by atoms with Crippen molar-refractivity contribution >= 4 is 50.7 Å². The zero-order valence-corrected chi connectivity index (χ0v) is 27.4. The van der Waals surface area contributed by atoms with Crippen molar-refractivity contribution in [1.29, 1.82) is 0 Å². The molecule has 0 aliphatic rings. The standard InChI is InChI=1S/C31H37Cl2N3O6S/c1-7-27(31(38)34-20(2)3)35(18-22-10-11-23(32)16-26(22)33)30(37)19-36(28-17-24(41-5)12-15-29(28)42-6)43(39,40)25-13-8-21(4)9-14-25/h8-17,20,27H,7,18-19H2,1-6H3,(H,34,38)/t27-/m0/s1. The van der Waals surface area contributed by atoms with Crippen molar-refractivity contribution in [2.75, 3.05) is 25.1 Å². The number of nitrogens with zero attached hydrogens (tertiary/aromatic N) is 2. The summed E-state index contributed by atoms with van der Waals surface area (Å²) in [5, 5.41) is 3.58. The predicted molar refractivity (Wildman–Crippen MR) is 170 cm³/mol. The summed E-state index contributed by atoms with van der Waals surface area (Å²) < 4.78 is 40.2. The Labute approximate surface area is 263 Å². The second-order valence-electron chi connectivity index (χ2n) is 10.2. The van der Waals surface area contributed by atoms with E-state index in [0.717, 1.165) is 9.87 Å². The van der Waals surface area contributed by atoms with Crippen LogP contribution in [0.1, 0.15) is 38.3 Å². The van der Waals surface area contributed by atoms with Gasteiger partial charge in [-0.3, -0.25) is 13.9 Å². The number of halogens is 2. The van der Waals surface area contributed by atoms with Crippen LogP contribution >= 0.6 is 23.2 Å². The fourth-order valence-corrected chi connectivity index (χ4v) is 6.36. The van der Waals surface area contributed by atoms with Crippen LogP contribution in [0, 0.1) is 6.92 Å². The van der Waals surface area contributed by atoms with Crippen molar-refractivity contribution in [3.8, 4) is 11.5 Å². The summed E-state index contributed by atoms with van der Waals surface area (Å²) in [6, 6.07) is 14.7. The van der Waals surface area contributed by atoms with Crippen molar-refractivity contribution < 1.29 is 27.5 Å². The van der Waals surface area contributed by atoms with Gasteiger partial charge in [0.1, 0.15) is 24.1 Å². The highest BCUT2D eigenvalue weighted by Gasteiger charge is 2.35. The number of benzene rings is 3. The summed E-state index contributed by atoms with van der Waals surface area (Å²) in [4.78, 5) is 28.9. The second kappa shape index (κ2) is 14.8. The minimum absolute atomic E-state index is 0.0207. The summed E-state index contributed by atoms with van der Waals surface area (Å²) in [5.74, 6) is -0.429. The molecule has 232 valence electrons. The third-order valence-electron chi connectivity index (χ3n) is 6.72. The first kappa shape index (κ1) is 34.0. The van der Waals surface area contributed by atoms with Gasteiger partial charge in [0.15, 0.2) is 0 Å². The largest absolute Gasteiger partial charge is 0.497 e. The third-order valence-corrected chi connectivity index (χ3v) is 9.08. The Balaban J connectivity index is 2.18. The van der Waals surface area contributed by atoms with E-state index in [1.165, 1.54) is 37.3 Å². The highest BCUT2D eigenvalue weighted by Crippen LogP contribution is 2.36. The maximum Gasteiger partial charge on any atom is 0.264 e. The van der Waals surface area contributed by atoms with Crippen LogP contribution in [-0.2, 0) is 26.2 Å². The average Bonchev–Trinajstić information content (AvgIpc) is 2.96. The lowest BCUT2D eigenvalue weighted by atomic mass is 10.1. The normalized spacial score (nSPS) is 12.0. The molecular weight excluding hydrogens is 613 g/mol. The first-order valence-electron chi connectivity index (χ1n) is 13.7. The van der Waals surface area contributed by atoms with Gasteiger partial charge in [-0.05, 0) is 69.2 Å². The summed E-state index contributed by atoms with van der Waals surface area (Å²) in [7, 11) is -1.45. The van der Waals surface area contributed by atoms with E-state index in [9.17, 15) is 18.0 Å². The van der Waals surface area contributed by atoms with Crippen LogP contribution in [0.15, 0.2) is 65.6 Å². The van der Waals surface area contributed by atoms with E-state index in [0.29, 0.717) is 21.4 Å². The van der Waals surface area contributed by atoms with Gasteiger partial charge in [0.2, 0.25) is 11.8 Å². The molecule has 0 unspecified atom stereocenters. The molecule has 0 radical (unpaired) electrons. The van der Waals surface area contributed by atoms with Gasteiger partial charge >= 0.3 is 0 Å². The molecule has 3 aromatic carbocycles. The smallest absolute Gasteiger partial charge is 0.264 e. The van der Waals surface area contributed by atoms with Crippen LogP contribution in [-0.4, -0.2) is 58.0 Å².